The summed E-state index contributed by atoms with van der Waals surface area (Å²) in [7, 11) is -3.26. The third-order valence-electron chi connectivity index (χ3n) is 5.02. The summed E-state index contributed by atoms with van der Waals surface area (Å²) >= 11 is 0. The minimum absolute atomic E-state index is 0.0934. The lowest BCUT2D eigenvalue weighted by Gasteiger charge is -2.21. The molecule has 5 nitrogen and oxygen atoms in total. The Morgan fingerprint density at radius 2 is 1.76 bits per heavy atom. The summed E-state index contributed by atoms with van der Waals surface area (Å²) in [6.45, 7) is 3.93. The average molecular weight is 409 g/mol. The molecule has 0 aliphatic heterocycles. The first-order valence-electron chi connectivity index (χ1n) is 9.29. The number of hydrogen-bond donors (Lipinski definition) is 1. The van der Waals surface area contributed by atoms with E-state index in [4.69, 9.17) is 0 Å². The van der Waals surface area contributed by atoms with Crippen molar-refractivity contribution in [2.45, 2.75) is 31.1 Å². The van der Waals surface area contributed by atoms with Crippen molar-refractivity contribution in [3.05, 3.63) is 94.8 Å². The van der Waals surface area contributed by atoms with E-state index in [1.807, 2.05) is 56.3 Å². The lowest BCUT2D eigenvalue weighted by Crippen LogP contribution is -2.12. The Kier molecular flexibility index (Phi) is 6.13. The van der Waals surface area contributed by atoms with E-state index >= 15 is 0 Å². The summed E-state index contributed by atoms with van der Waals surface area (Å²) in [6.07, 6.45) is 3.35. The molecule has 0 bridgehead atoms. The maximum absolute atomic E-state index is 11.8. The fraction of sp³-hybridized carbons (Fsp3) is 0.217. The number of rotatable bonds is 6. The van der Waals surface area contributed by atoms with Crippen LogP contribution in [0.1, 0.15) is 40.3 Å². The Bertz CT molecular complexity index is 1140. The highest BCUT2D eigenvalue weighted by atomic mass is 32.2. The van der Waals surface area contributed by atoms with Gasteiger partial charge in [0.05, 0.1) is 10.6 Å². The number of hydrogen-bond acceptors (Lipinski definition) is 5. The summed E-state index contributed by atoms with van der Waals surface area (Å²) in [5, 5.41) is 13.3. The summed E-state index contributed by atoms with van der Waals surface area (Å²) in [5.74, 6) is -0.0934. The number of oxime groups is 1. The van der Waals surface area contributed by atoms with E-state index in [2.05, 4.69) is 16.2 Å². The maximum atomic E-state index is 11.8. The molecule has 0 saturated carbocycles. The lowest BCUT2D eigenvalue weighted by atomic mass is 9.83. The summed E-state index contributed by atoms with van der Waals surface area (Å²) in [6, 6.07) is 18.7. The molecule has 3 aromatic rings. The van der Waals surface area contributed by atoms with Gasteiger partial charge in [-0.05, 0) is 54.8 Å². The lowest BCUT2D eigenvalue weighted by molar-refractivity contribution is 0.317. The fourth-order valence-electron chi connectivity index (χ4n) is 3.47. The maximum Gasteiger partial charge on any atom is 0.175 e. The number of benzene rings is 2. The SMILES string of the molecule is Cc1cc(/C(CC(c2ccc(S(C)(=O)=O)cc2)c2ccccc2C)=N/O)ccn1. The van der Waals surface area contributed by atoms with Crippen LogP contribution in [0.4, 0.5) is 0 Å². The van der Waals surface area contributed by atoms with Crippen LogP contribution < -0.4 is 0 Å². The van der Waals surface area contributed by atoms with Crippen molar-refractivity contribution in [1.29, 1.82) is 0 Å². The summed E-state index contributed by atoms with van der Waals surface area (Å²) in [4.78, 5) is 4.49. The van der Waals surface area contributed by atoms with Crippen LogP contribution in [0.2, 0.25) is 0 Å². The van der Waals surface area contributed by atoms with Crippen LogP contribution in [0, 0.1) is 13.8 Å². The zero-order chi connectivity index (χ0) is 21.0. The molecule has 1 N–H and O–H groups in total. The largest absolute Gasteiger partial charge is 0.411 e. The van der Waals surface area contributed by atoms with E-state index in [9.17, 15) is 13.6 Å². The van der Waals surface area contributed by atoms with E-state index < -0.39 is 9.84 Å². The van der Waals surface area contributed by atoms with Crippen molar-refractivity contribution in [2.75, 3.05) is 6.26 Å². The molecular weight excluding hydrogens is 384 g/mol. The van der Waals surface area contributed by atoms with Crippen molar-refractivity contribution in [2.24, 2.45) is 5.16 Å². The van der Waals surface area contributed by atoms with Crippen LogP contribution in [0.5, 0.6) is 0 Å². The molecule has 29 heavy (non-hydrogen) atoms. The van der Waals surface area contributed by atoms with Crippen LogP contribution in [0.15, 0.2) is 76.9 Å². The van der Waals surface area contributed by atoms with Gasteiger partial charge in [0.25, 0.3) is 0 Å². The van der Waals surface area contributed by atoms with Crippen molar-refractivity contribution < 1.29 is 13.6 Å². The van der Waals surface area contributed by atoms with Gasteiger partial charge >= 0.3 is 0 Å². The van der Waals surface area contributed by atoms with Crippen LogP contribution >= 0.6 is 0 Å². The van der Waals surface area contributed by atoms with Crippen molar-refractivity contribution in [3.63, 3.8) is 0 Å². The van der Waals surface area contributed by atoms with E-state index in [1.54, 1.807) is 18.3 Å². The molecule has 0 amide bonds. The Morgan fingerprint density at radius 3 is 2.34 bits per heavy atom. The highest BCUT2D eigenvalue weighted by molar-refractivity contribution is 7.90. The monoisotopic (exact) mass is 408 g/mol. The highest BCUT2D eigenvalue weighted by Crippen LogP contribution is 2.32. The second kappa shape index (κ2) is 8.57. The standard InChI is InChI=1S/C23H24N2O3S/c1-16-6-4-5-7-21(16)22(18-8-10-20(11-9-18)29(3,27)28)15-23(25-26)19-12-13-24-17(2)14-19/h4-14,22,26H,15H2,1-3H3/b25-23+. The van der Waals surface area contributed by atoms with Crippen molar-refractivity contribution >= 4 is 15.5 Å². The van der Waals surface area contributed by atoms with Gasteiger partial charge in [0.2, 0.25) is 0 Å². The van der Waals surface area contributed by atoms with Gasteiger partial charge in [-0.1, -0.05) is 41.6 Å². The van der Waals surface area contributed by atoms with Crippen molar-refractivity contribution in [1.82, 2.24) is 4.98 Å². The van der Waals surface area contributed by atoms with Gasteiger partial charge in [0.1, 0.15) is 0 Å². The number of sulfone groups is 1. The van der Waals surface area contributed by atoms with Gasteiger partial charge in [0, 0.05) is 36.0 Å². The molecule has 0 aliphatic carbocycles. The molecule has 0 fully saturated rings. The Morgan fingerprint density at radius 1 is 1.07 bits per heavy atom. The van der Waals surface area contributed by atoms with Gasteiger partial charge in [-0.15, -0.1) is 0 Å². The van der Waals surface area contributed by atoms with Crippen LogP contribution in [0.3, 0.4) is 0 Å². The normalized spacial score (nSPS) is 13.3. The molecule has 0 radical (unpaired) electrons. The molecular formula is C23H24N2O3S. The molecule has 150 valence electrons. The van der Waals surface area contributed by atoms with E-state index in [1.165, 1.54) is 6.26 Å². The van der Waals surface area contributed by atoms with Crippen LogP contribution in [0.25, 0.3) is 0 Å². The smallest absolute Gasteiger partial charge is 0.175 e. The molecule has 0 aliphatic rings. The van der Waals surface area contributed by atoms with Gasteiger partial charge in [-0.3, -0.25) is 4.98 Å². The third-order valence-corrected chi connectivity index (χ3v) is 6.15. The number of aromatic nitrogens is 1. The molecule has 2 aromatic carbocycles. The number of aryl methyl sites for hydroxylation is 2. The van der Waals surface area contributed by atoms with Gasteiger partial charge < -0.3 is 5.21 Å². The third kappa shape index (κ3) is 4.90. The van der Waals surface area contributed by atoms with Gasteiger partial charge in [0.15, 0.2) is 9.84 Å². The molecule has 1 aromatic heterocycles. The molecule has 3 rings (SSSR count). The van der Waals surface area contributed by atoms with E-state index in [0.29, 0.717) is 12.1 Å². The van der Waals surface area contributed by atoms with Gasteiger partial charge in [-0.25, -0.2) is 8.42 Å². The predicted octanol–water partition coefficient (Wildman–Crippen LogP) is 4.50. The van der Waals surface area contributed by atoms with Gasteiger partial charge in [-0.2, -0.15) is 0 Å². The summed E-state index contributed by atoms with van der Waals surface area (Å²) in [5.41, 5.74) is 5.38. The van der Waals surface area contributed by atoms with E-state index in [0.717, 1.165) is 27.9 Å². The molecule has 1 heterocycles. The molecule has 6 heteroatoms. The second-order valence-corrected chi connectivity index (χ2v) is 9.20. The van der Waals surface area contributed by atoms with Crippen LogP contribution in [-0.2, 0) is 9.84 Å². The molecule has 0 spiro atoms. The molecule has 0 saturated heterocycles. The zero-order valence-electron chi connectivity index (χ0n) is 16.7. The Balaban J connectivity index is 2.05. The number of nitrogens with zero attached hydrogens (tertiary/aromatic N) is 2. The summed E-state index contributed by atoms with van der Waals surface area (Å²) < 4.78 is 23.6. The Labute approximate surface area is 171 Å². The van der Waals surface area contributed by atoms with Crippen LogP contribution in [-0.4, -0.2) is 30.6 Å². The quantitative estimate of drug-likeness (QED) is 0.370. The predicted molar refractivity (Wildman–Crippen MR) is 114 cm³/mol. The first-order chi connectivity index (χ1) is 13.8. The second-order valence-electron chi connectivity index (χ2n) is 7.19. The minimum Gasteiger partial charge on any atom is -0.411 e. The average Bonchev–Trinajstić information content (AvgIpc) is 2.69. The highest BCUT2D eigenvalue weighted by Gasteiger charge is 2.21. The molecule has 1 atom stereocenters. The Hall–Kier alpha value is -2.99. The first-order valence-corrected chi connectivity index (χ1v) is 11.2. The first kappa shape index (κ1) is 20.7. The zero-order valence-corrected chi connectivity index (χ0v) is 17.5. The topological polar surface area (TPSA) is 79.6 Å². The van der Waals surface area contributed by atoms with E-state index in [-0.39, 0.29) is 10.8 Å². The van der Waals surface area contributed by atoms with Crippen molar-refractivity contribution in [3.8, 4) is 0 Å². The molecule has 1 unspecified atom stereocenters. The number of pyridine rings is 1. The fourth-order valence-corrected chi connectivity index (χ4v) is 4.10. The minimum atomic E-state index is -3.26.